The molecule has 13 heavy (non-hydrogen) atoms. The zero-order valence-corrected chi connectivity index (χ0v) is 7.15. The molecule has 1 aromatic rings. The van der Waals surface area contributed by atoms with E-state index >= 15 is 0 Å². The standard InChI is InChI=1S/C9H8N2O2/c1-2-13-9-10-6-8(7-11-9)4-3-5-12/h5-7H,2H2,1H3. The SMILES string of the molecule is CCOc1ncc(C#CC=O)cn1. The van der Waals surface area contributed by atoms with Gasteiger partial charge in [0.2, 0.25) is 0 Å². The number of carbonyl (C=O) groups excluding carboxylic acids is 1. The lowest BCUT2D eigenvalue weighted by Crippen LogP contribution is -1.96. The van der Waals surface area contributed by atoms with Gasteiger partial charge in [-0.25, -0.2) is 9.97 Å². The van der Waals surface area contributed by atoms with Crippen LogP contribution in [0.2, 0.25) is 0 Å². The maximum absolute atomic E-state index is 9.91. The highest BCUT2D eigenvalue weighted by atomic mass is 16.5. The average molecular weight is 176 g/mol. The number of carbonyl (C=O) groups is 1. The fourth-order valence-electron chi connectivity index (χ4n) is 0.697. The van der Waals surface area contributed by atoms with Crippen LogP contribution in [0.3, 0.4) is 0 Å². The van der Waals surface area contributed by atoms with Crippen molar-refractivity contribution in [3.05, 3.63) is 18.0 Å². The summed E-state index contributed by atoms with van der Waals surface area (Å²) in [4.78, 5) is 17.6. The number of hydrogen-bond donors (Lipinski definition) is 0. The Labute approximate surface area is 76.0 Å². The first-order valence-corrected chi connectivity index (χ1v) is 3.77. The van der Waals surface area contributed by atoms with Crippen LogP contribution >= 0.6 is 0 Å². The largest absolute Gasteiger partial charge is 0.464 e. The summed E-state index contributed by atoms with van der Waals surface area (Å²) < 4.78 is 5.03. The van der Waals surface area contributed by atoms with Crippen molar-refractivity contribution in [2.45, 2.75) is 6.92 Å². The van der Waals surface area contributed by atoms with Crippen molar-refractivity contribution in [2.75, 3.05) is 6.61 Å². The van der Waals surface area contributed by atoms with Gasteiger partial charge in [-0.2, -0.15) is 0 Å². The fourth-order valence-corrected chi connectivity index (χ4v) is 0.697. The van der Waals surface area contributed by atoms with Gasteiger partial charge in [-0.3, -0.25) is 4.79 Å². The smallest absolute Gasteiger partial charge is 0.316 e. The second-order valence-electron chi connectivity index (χ2n) is 2.07. The van der Waals surface area contributed by atoms with Crippen LogP contribution in [0.4, 0.5) is 0 Å². The van der Waals surface area contributed by atoms with Crippen LogP contribution in [0.15, 0.2) is 12.4 Å². The summed E-state index contributed by atoms with van der Waals surface area (Å²) >= 11 is 0. The second-order valence-corrected chi connectivity index (χ2v) is 2.07. The van der Waals surface area contributed by atoms with Gasteiger partial charge in [0.25, 0.3) is 0 Å². The topological polar surface area (TPSA) is 52.1 Å². The Balaban J connectivity index is 2.74. The van der Waals surface area contributed by atoms with Crippen molar-refractivity contribution >= 4 is 6.29 Å². The van der Waals surface area contributed by atoms with E-state index < -0.39 is 0 Å². The highest BCUT2D eigenvalue weighted by Gasteiger charge is 1.93. The quantitative estimate of drug-likeness (QED) is 0.484. The van der Waals surface area contributed by atoms with E-state index in [0.29, 0.717) is 24.5 Å². The van der Waals surface area contributed by atoms with Gasteiger partial charge in [-0.1, -0.05) is 5.92 Å². The molecule has 0 aliphatic rings. The summed E-state index contributed by atoms with van der Waals surface area (Å²) in [6, 6.07) is 0.319. The second kappa shape index (κ2) is 4.88. The highest BCUT2D eigenvalue weighted by molar-refractivity contribution is 5.73. The lowest BCUT2D eigenvalue weighted by atomic mass is 10.3. The summed E-state index contributed by atoms with van der Waals surface area (Å²) in [5.41, 5.74) is 0.593. The number of aldehydes is 1. The summed E-state index contributed by atoms with van der Waals surface area (Å²) in [6.07, 6.45) is 3.54. The van der Waals surface area contributed by atoms with Crippen molar-refractivity contribution in [1.29, 1.82) is 0 Å². The maximum atomic E-state index is 9.91. The van der Waals surface area contributed by atoms with Gasteiger partial charge in [0.05, 0.1) is 12.2 Å². The Bertz CT molecular complexity index is 335. The lowest BCUT2D eigenvalue weighted by Gasteiger charge is -1.98. The minimum Gasteiger partial charge on any atom is -0.464 e. The first-order chi connectivity index (χ1) is 6.36. The van der Waals surface area contributed by atoms with E-state index in [1.807, 2.05) is 6.92 Å². The Morgan fingerprint density at radius 3 is 2.77 bits per heavy atom. The van der Waals surface area contributed by atoms with Crippen molar-refractivity contribution in [2.24, 2.45) is 0 Å². The molecular weight excluding hydrogens is 168 g/mol. The molecule has 0 N–H and O–H groups in total. The summed E-state index contributed by atoms with van der Waals surface area (Å²) in [7, 11) is 0. The molecule has 0 amide bonds. The number of nitrogens with zero attached hydrogens (tertiary/aromatic N) is 2. The van der Waals surface area contributed by atoms with Crippen molar-refractivity contribution < 1.29 is 9.53 Å². The van der Waals surface area contributed by atoms with Crippen LogP contribution in [0.1, 0.15) is 12.5 Å². The Morgan fingerprint density at radius 1 is 1.54 bits per heavy atom. The van der Waals surface area contributed by atoms with Gasteiger partial charge >= 0.3 is 6.01 Å². The Hall–Kier alpha value is -1.89. The Kier molecular flexibility index (Phi) is 3.45. The molecule has 0 radical (unpaired) electrons. The molecule has 0 unspecified atom stereocenters. The van der Waals surface area contributed by atoms with Crippen molar-refractivity contribution in [3.8, 4) is 17.9 Å². The minimum absolute atomic E-state index is 0.319. The predicted octanol–water partition coefficient (Wildman–Crippen LogP) is 0.426. The first kappa shape index (κ1) is 9.20. The molecule has 0 saturated heterocycles. The molecule has 4 heteroatoms. The van der Waals surface area contributed by atoms with Crippen LogP contribution in [0.5, 0.6) is 6.01 Å². The number of ether oxygens (including phenoxy) is 1. The molecular formula is C9H8N2O2. The molecule has 4 nitrogen and oxygen atoms in total. The molecule has 0 bridgehead atoms. The van der Waals surface area contributed by atoms with Gasteiger partial charge < -0.3 is 4.74 Å². The van der Waals surface area contributed by atoms with Gasteiger partial charge in [-0.05, 0) is 12.8 Å². The van der Waals surface area contributed by atoms with Crippen LogP contribution in [-0.2, 0) is 4.79 Å². The van der Waals surface area contributed by atoms with E-state index in [9.17, 15) is 4.79 Å². The van der Waals surface area contributed by atoms with E-state index in [-0.39, 0.29) is 0 Å². The molecule has 0 aliphatic carbocycles. The molecule has 0 aromatic carbocycles. The Morgan fingerprint density at radius 2 is 2.23 bits per heavy atom. The van der Waals surface area contributed by atoms with Crippen molar-refractivity contribution in [3.63, 3.8) is 0 Å². The third kappa shape index (κ3) is 2.91. The molecule has 1 rings (SSSR count). The van der Waals surface area contributed by atoms with E-state index in [4.69, 9.17) is 4.74 Å². The normalized spacial score (nSPS) is 8.38. The third-order valence-electron chi connectivity index (χ3n) is 1.18. The van der Waals surface area contributed by atoms with Crippen LogP contribution in [0.25, 0.3) is 0 Å². The summed E-state index contributed by atoms with van der Waals surface area (Å²) in [5, 5.41) is 0. The average Bonchev–Trinajstić information content (AvgIpc) is 2.17. The molecule has 0 fully saturated rings. The van der Waals surface area contributed by atoms with E-state index in [1.165, 1.54) is 12.4 Å². The summed E-state index contributed by atoms with van der Waals surface area (Å²) in [5.74, 6) is 4.83. The van der Waals surface area contributed by atoms with E-state index in [2.05, 4.69) is 21.8 Å². The van der Waals surface area contributed by atoms with Gasteiger partial charge in [0.15, 0.2) is 6.29 Å². The molecule has 0 saturated carbocycles. The number of aromatic nitrogens is 2. The molecule has 0 spiro atoms. The number of hydrogen-bond acceptors (Lipinski definition) is 4. The van der Waals surface area contributed by atoms with Gasteiger partial charge in [0, 0.05) is 12.4 Å². The van der Waals surface area contributed by atoms with E-state index in [1.54, 1.807) is 0 Å². The zero-order valence-electron chi connectivity index (χ0n) is 7.15. The minimum atomic E-state index is 0.319. The third-order valence-corrected chi connectivity index (χ3v) is 1.18. The lowest BCUT2D eigenvalue weighted by molar-refractivity contribution is -0.103. The predicted molar refractivity (Wildman–Crippen MR) is 46.1 cm³/mol. The van der Waals surface area contributed by atoms with Crippen molar-refractivity contribution in [1.82, 2.24) is 9.97 Å². The van der Waals surface area contributed by atoms with Gasteiger partial charge in [-0.15, -0.1) is 0 Å². The zero-order chi connectivity index (χ0) is 9.52. The maximum Gasteiger partial charge on any atom is 0.316 e. The molecule has 1 heterocycles. The molecule has 0 atom stereocenters. The summed E-state index contributed by atoms with van der Waals surface area (Å²) in [6.45, 7) is 2.38. The number of rotatable bonds is 2. The van der Waals surface area contributed by atoms with Gasteiger partial charge in [0.1, 0.15) is 0 Å². The monoisotopic (exact) mass is 176 g/mol. The molecule has 0 aliphatic heterocycles. The highest BCUT2D eigenvalue weighted by Crippen LogP contribution is 2.00. The van der Waals surface area contributed by atoms with Crippen LogP contribution in [0, 0.1) is 11.8 Å². The van der Waals surface area contributed by atoms with Crippen LogP contribution in [-0.4, -0.2) is 22.9 Å². The molecule has 66 valence electrons. The van der Waals surface area contributed by atoms with E-state index in [0.717, 1.165) is 0 Å². The fraction of sp³-hybridized carbons (Fsp3) is 0.222. The van der Waals surface area contributed by atoms with Crippen LogP contribution < -0.4 is 4.74 Å². The molecule has 1 aromatic heterocycles. The first-order valence-electron chi connectivity index (χ1n) is 3.77.